The molecule has 0 aromatic heterocycles. The predicted molar refractivity (Wildman–Crippen MR) is 111 cm³/mol. The molecule has 0 saturated carbocycles. The van der Waals surface area contributed by atoms with Crippen molar-refractivity contribution >= 4 is 22.7 Å². The van der Waals surface area contributed by atoms with Crippen LogP contribution < -0.4 is 4.74 Å². The topological polar surface area (TPSA) is 61.8 Å². The minimum Gasteiger partial charge on any atom is -0.493 e. The summed E-state index contributed by atoms with van der Waals surface area (Å²) in [4.78, 5) is 23.6. The van der Waals surface area contributed by atoms with Crippen LogP contribution in [0.15, 0.2) is 66.7 Å². The number of rotatable bonds is 8. The van der Waals surface area contributed by atoms with Gasteiger partial charge in [-0.3, -0.25) is 9.59 Å². The number of methoxy groups -OCH3 is 2. The Morgan fingerprint density at radius 3 is 2.17 bits per heavy atom. The average Bonchev–Trinajstić information content (AvgIpc) is 2.77. The van der Waals surface area contributed by atoms with Gasteiger partial charge in [0.05, 0.1) is 20.8 Å². The molecular formula is C24H24O5. The third-order valence-electron chi connectivity index (χ3n) is 4.85. The van der Waals surface area contributed by atoms with Crippen molar-refractivity contribution in [2.75, 3.05) is 20.8 Å². The Kier molecular flexibility index (Phi) is 6.85. The molecule has 5 nitrogen and oxygen atoms in total. The largest absolute Gasteiger partial charge is 0.493 e. The monoisotopic (exact) mass is 392 g/mol. The summed E-state index contributed by atoms with van der Waals surface area (Å²) in [6.07, 6.45) is 1.02. The lowest BCUT2D eigenvalue weighted by Crippen LogP contribution is -2.28. The van der Waals surface area contributed by atoms with E-state index >= 15 is 0 Å². The molecule has 29 heavy (non-hydrogen) atoms. The van der Waals surface area contributed by atoms with Gasteiger partial charge in [-0.15, -0.1) is 0 Å². The zero-order valence-electron chi connectivity index (χ0n) is 16.6. The Morgan fingerprint density at radius 2 is 1.48 bits per heavy atom. The summed E-state index contributed by atoms with van der Waals surface area (Å²) in [5, 5.41) is 2.46. The highest BCUT2D eigenvalue weighted by atomic mass is 16.5. The van der Waals surface area contributed by atoms with Gasteiger partial charge in [0.25, 0.3) is 0 Å². The molecule has 0 saturated heterocycles. The molecule has 0 fully saturated rings. The van der Waals surface area contributed by atoms with Crippen LogP contribution >= 0.6 is 0 Å². The van der Waals surface area contributed by atoms with E-state index in [1.54, 1.807) is 0 Å². The van der Waals surface area contributed by atoms with Crippen LogP contribution in [0.25, 0.3) is 10.8 Å². The summed E-state index contributed by atoms with van der Waals surface area (Å²) < 4.78 is 15.3. The van der Waals surface area contributed by atoms with Crippen molar-refractivity contribution in [2.45, 2.75) is 12.8 Å². The molecule has 0 heterocycles. The minimum absolute atomic E-state index is 0.218. The fourth-order valence-corrected chi connectivity index (χ4v) is 3.29. The predicted octanol–water partition coefficient (Wildman–Crippen LogP) is 3.97. The first-order valence-electron chi connectivity index (χ1n) is 9.46. The lowest BCUT2D eigenvalue weighted by atomic mass is 9.99. The molecule has 3 aromatic carbocycles. The number of fused-ring (bicyclic) bond motifs is 1. The molecule has 0 atom stereocenters. The van der Waals surface area contributed by atoms with Crippen LogP contribution in [0.5, 0.6) is 5.75 Å². The maximum atomic E-state index is 11.8. The van der Waals surface area contributed by atoms with Gasteiger partial charge in [0.1, 0.15) is 5.75 Å². The number of hydrogen-bond acceptors (Lipinski definition) is 5. The first-order chi connectivity index (χ1) is 14.1. The Hall–Kier alpha value is -3.34. The lowest BCUT2D eigenvalue weighted by molar-refractivity contribution is -0.158. The van der Waals surface area contributed by atoms with E-state index in [4.69, 9.17) is 14.2 Å². The highest BCUT2D eigenvalue weighted by Crippen LogP contribution is 2.20. The number of carbonyl (C=O) groups excluding carboxylic acids is 2. The third-order valence-corrected chi connectivity index (χ3v) is 4.85. The van der Waals surface area contributed by atoms with E-state index in [9.17, 15) is 9.59 Å². The van der Waals surface area contributed by atoms with Crippen molar-refractivity contribution < 1.29 is 23.8 Å². The summed E-state index contributed by atoms with van der Waals surface area (Å²) in [5.41, 5.74) is 2.07. The summed E-state index contributed by atoms with van der Waals surface area (Å²) in [6.45, 7) is 0.556. The normalized spacial score (nSPS) is 10.7. The Balaban J connectivity index is 1.59. The Bertz CT molecular complexity index is 957. The molecule has 0 radical (unpaired) electrons. The minimum atomic E-state index is -0.969. The zero-order chi connectivity index (χ0) is 20.6. The Morgan fingerprint density at radius 1 is 0.828 bits per heavy atom. The van der Waals surface area contributed by atoms with Crippen molar-refractivity contribution in [1.29, 1.82) is 0 Å². The fraction of sp³-hybridized carbons (Fsp3) is 0.250. The Labute approximate surface area is 170 Å². The molecule has 3 aromatic rings. The SMILES string of the molecule is COC(=O)C(Cc1ccc(OCCc2cccc3ccccc23)cc1)C(=O)OC. The van der Waals surface area contributed by atoms with Gasteiger partial charge in [-0.05, 0) is 40.5 Å². The van der Waals surface area contributed by atoms with Crippen LogP contribution in [0.3, 0.4) is 0 Å². The number of hydrogen-bond donors (Lipinski definition) is 0. The van der Waals surface area contributed by atoms with Crippen molar-refractivity contribution in [3.05, 3.63) is 77.9 Å². The average molecular weight is 392 g/mol. The molecule has 0 N–H and O–H groups in total. The van der Waals surface area contributed by atoms with Gasteiger partial charge in [0.2, 0.25) is 0 Å². The maximum Gasteiger partial charge on any atom is 0.320 e. The second-order valence-electron chi connectivity index (χ2n) is 6.68. The van der Waals surface area contributed by atoms with Crippen LogP contribution in [0.1, 0.15) is 11.1 Å². The first-order valence-corrected chi connectivity index (χ1v) is 9.46. The van der Waals surface area contributed by atoms with Gasteiger partial charge in [0, 0.05) is 6.42 Å². The van der Waals surface area contributed by atoms with Crippen molar-refractivity contribution in [2.24, 2.45) is 5.92 Å². The molecule has 0 aliphatic rings. The smallest absolute Gasteiger partial charge is 0.320 e. The van der Waals surface area contributed by atoms with E-state index in [0.29, 0.717) is 6.61 Å². The van der Waals surface area contributed by atoms with E-state index in [1.165, 1.54) is 30.6 Å². The summed E-state index contributed by atoms with van der Waals surface area (Å²) in [7, 11) is 2.51. The first kappa shape index (κ1) is 20.4. The van der Waals surface area contributed by atoms with Crippen molar-refractivity contribution in [1.82, 2.24) is 0 Å². The van der Waals surface area contributed by atoms with Crippen LogP contribution in [-0.4, -0.2) is 32.8 Å². The highest BCUT2D eigenvalue weighted by Gasteiger charge is 2.28. The van der Waals surface area contributed by atoms with Crippen LogP contribution in [0.4, 0.5) is 0 Å². The van der Waals surface area contributed by atoms with Crippen LogP contribution in [0.2, 0.25) is 0 Å². The molecule has 0 aliphatic carbocycles. The van der Waals surface area contributed by atoms with Gasteiger partial charge < -0.3 is 14.2 Å². The van der Waals surface area contributed by atoms with Gasteiger partial charge in [0.15, 0.2) is 5.92 Å². The summed E-state index contributed by atoms with van der Waals surface area (Å²) in [6, 6.07) is 21.9. The maximum absolute atomic E-state index is 11.8. The molecule has 0 spiro atoms. The van der Waals surface area contributed by atoms with Gasteiger partial charge in [-0.25, -0.2) is 0 Å². The van der Waals surface area contributed by atoms with E-state index in [-0.39, 0.29) is 6.42 Å². The second kappa shape index (κ2) is 9.73. The van der Waals surface area contributed by atoms with Gasteiger partial charge >= 0.3 is 11.9 Å². The van der Waals surface area contributed by atoms with E-state index in [0.717, 1.165) is 17.7 Å². The number of ether oxygens (including phenoxy) is 3. The second-order valence-corrected chi connectivity index (χ2v) is 6.68. The van der Waals surface area contributed by atoms with E-state index < -0.39 is 17.9 Å². The molecule has 3 rings (SSSR count). The molecular weight excluding hydrogens is 368 g/mol. The molecule has 0 unspecified atom stereocenters. The van der Waals surface area contributed by atoms with Crippen molar-refractivity contribution in [3.63, 3.8) is 0 Å². The van der Waals surface area contributed by atoms with E-state index in [1.807, 2.05) is 36.4 Å². The lowest BCUT2D eigenvalue weighted by Gasteiger charge is -2.13. The molecule has 5 heteroatoms. The molecule has 0 aliphatic heterocycles. The number of carbonyl (C=O) groups is 2. The van der Waals surface area contributed by atoms with Crippen LogP contribution in [-0.2, 0) is 31.9 Å². The highest BCUT2D eigenvalue weighted by molar-refractivity contribution is 5.95. The summed E-state index contributed by atoms with van der Waals surface area (Å²) >= 11 is 0. The molecule has 150 valence electrons. The van der Waals surface area contributed by atoms with E-state index in [2.05, 4.69) is 30.3 Å². The quantitative estimate of drug-likeness (QED) is 0.429. The molecule has 0 bridgehead atoms. The van der Waals surface area contributed by atoms with Crippen LogP contribution in [0, 0.1) is 5.92 Å². The van der Waals surface area contributed by atoms with Gasteiger partial charge in [-0.2, -0.15) is 0 Å². The zero-order valence-corrected chi connectivity index (χ0v) is 16.6. The number of benzene rings is 3. The van der Waals surface area contributed by atoms with Crippen molar-refractivity contribution in [3.8, 4) is 5.75 Å². The van der Waals surface area contributed by atoms with Gasteiger partial charge in [-0.1, -0.05) is 54.6 Å². The number of esters is 2. The third kappa shape index (κ3) is 5.13. The summed E-state index contributed by atoms with van der Waals surface area (Å²) in [5.74, 6) is -1.44. The standard InChI is InChI=1S/C24H24O5/c1-27-23(25)22(24(26)28-2)16-17-10-12-20(13-11-17)29-15-14-19-8-5-7-18-6-3-4-9-21(18)19/h3-13,22H,14-16H2,1-2H3. The fourth-order valence-electron chi connectivity index (χ4n) is 3.29. The molecule has 0 amide bonds.